The predicted octanol–water partition coefficient (Wildman–Crippen LogP) is -0.0373. The lowest BCUT2D eigenvalue weighted by molar-refractivity contribution is -0.386. The molecule has 2 unspecified atom stereocenters. The second-order valence-corrected chi connectivity index (χ2v) is 7.00. The molecule has 2 atom stereocenters. The Balaban J connectivity index is 2.35. The lowest BCUT2D eigenvalue weighted by Crippen LogP contribution is -2.46. The molecule has 0 amide bonds. The van der Waals surface area contributed by atoms with Crippen molar-refractivity contribution in [2.24, 2.45) is 10.9 Å². The first kappa shape index (κ1) is 17.8. The highest BCUT2D eigenvalue weighted by molar-refractivity contribution is 7.89. The van der Waals surface area contributed by atoms with Gasteiger partial charge in [0.1, 0.15) is 0 Å². The van der Waals surface area contributed by atoms with Gasteiger partial charge in [0.2, 0.25) is 10.0 Å². The Morgan fingerprint density at radius 2 is 1.96 bits per heavy atom. The van der Waals surface area contributed by atoms with Gasteiger partial charge in [0.25, 0.3) is 5.69 Å². The summed E-state index contributed by atoms with van der Waals surface area (Å²) in [5.74, 6) is 0. The van der Waals surface area contributed by atoms with Crippen molar-refractivity contribution >= 4 is 15.7 Å². The van der Waals surface area contributed by atoms with Gasteiger partial charge in [0.15, 0.2) is 0 Å². The molecule has 1 aliphatic rings. The van der Waals surface area contributed by atoms with E-state index in [1.54, 1.807) is 0 Å². The van der Waals surface area contributed by atoms with E-state index < -0.39 is 21.0 Å². The monoisotopic (exact) mass is 344 g/mol. The Kier molecular flexibility index (Phi) is 5.32. The summed E-state index contributed by atoms with van der Waals surface area (Å²) >= 11 is 0. The third kappa shape index (κ3) is 4.03. The normalized spacial score (nSPS) is 19.3. The lowest BCUT2D eigenvalue weighted by atomic mass is 9.98. The zero-order chi connectivity index (χ0) is 17.2. The molecule has 1 aliphatic heterocycles. The number of benzene rings is 1. The number of nitrogens with two attached hydrogens (primary N) is 2. The molecule has 1 heterocycles. The fraction of sp³-hybridized carbons (Fsp3) is 0.538. The highest BCUT2D eigenvalue weighted by Gasteiger charge is 2.29. The van der Waals surface area contributed by atoms with E-state index in [2.05, 4.69) is 4.90 Å². The lowest BCUT2D eigenvalue weighted by Gasteiger charge is -2.35. The van der Waals surface area contributed by atoms with Gasteiger partial charge in [0.05, 0.1) is 29.1 Å². The molecule has 0 radical (unpaired) electrons. The Morgan fingerprint density at radius 1 is 1.35 bits per heavy atom. The number of sulfonamides is 1. The van der Waals surface area contributed by atoms with Crippen LogP contribution in [0.5, 0.6) is 0 Å². The van der Waals surface area contributed by atoms with Crippen LogP contribution in [0.2, 0.25) is 0 Å². The molecule has 0 saturated carbocycles. The minimum Gasteiger partial charge on any atom is -0.379 e. The Labute approximate surface area is 134 Å². The second kappa shape index (κ2) is 6.89. The fourth-order valence-electron chi connectivity index (χ4n) is 2.61. The molecule has 2 rings (SSSR count). The van der Waals surface area contributed by atoms with Gasteiger partial charge in [-0.05, 0) is 19.1 Å². The van der Waals surface area contributed by atoms with Crippen LogP contribution in [0.15, 0.2) is 23.1 Å². The average molecular weight is 344 g/mol. The minimum absolute atomic E-state index is 0.155. The molecular weight excluding hydrogens is 324 g/mol. The Morgan fingerprint density at radius 3 is 2.48 bits per heavy atom. The zero-order valence-electron chi connectivity index (χ0n) is 12.7. The quantitative estimate of drug-likeness (QED) is 0.564. The predicted molar refractivity (Wildman–Crippen MR) is 83.3 cm³/mol. The third-order valence-electron chi connectivity index (χ3n) is 4.03. The van der Waals surface area contributed by atoms with Crippen molar-refractivity contribution in [1.82, 2.24) is 4.90 Å². The van der Waals surface area contributed by atoms with E-state index in [1.165, 1.54) is 12.1 Å². The highest BCUT2D eigenvalue weighted by Crippen LogP contribution is 2.30. The summed E-state index contributed by atoms with van der Waals surface area (Å²) in [6, 6.07) is 2.76. The van der Waals surface area contributed by atoms with Gasteiger partial charge in [0, 0.05) is 30.8 Å². The van der Waals surface area contributed by atoms with Crippen LogP contribution >= 0.6 is 0 Å². The largest absolute Gasteiger partial charge is 0.379 e. The molecule has 1 fully saturated rings. The van der Waals surface area contributed by atoms with Crippen molar-refractivity contribution in [3.05, 3.63) is 33.9 Å². The van der Waals surface area contributed by atoms with Crippen LogP contribution in [0.1, 0.15) is 18.5 Å². The van der Waals surface area contributed by atoms with E-state index in [1.807, 2.05) is 6.92 Å². The number of morpholine rings is 1. The summed E-state index contributed by atoms with van der Waals surface area (Å²) in [6.45, 7) is 4.44. The summed E-state index contributed by atoms with van der Waals surface area (Å²) < 4.78 is 28.0. The SMILES string of the molecule is CC(C(N)c1ccc(S(N)(=O)=O)cc1[N+](=O)[O-])N1CCOCC1. The van der Waals surface area contributed by atoms with Crippen molar-refractivity contribution in [3.63, 3.8) is 0 Å². The molecule has 128 valence electrons. The number of nitro groups is 1. The van der Waals surface area contributed by atoms with E-state index in [4.69, 9.17) is 15.6 Å². The van der Waals surface area contributed by atoms with E-state index in [9.17, 15) is 18.5 Å². The van der Waals surface area contributed by atoms with Gasteiger partial charge >= 0.3 is 0 Å². The molecule has 10 heteroatoms. The van der Waals surface area contributed by atoms with E-state index in [0.717, 1.165) is 6.07 Å². The van der Waals surface area contributed by atoms with Crippen LogP contribution in [0.25, 0.3) is 0 Å². The smallest absolute Gasteiger partial charge is 0.275 e. The van der Waals surface area contributed by atoms with Gasteiger partial charge < -0.3 is 10.5 Å². The van der Waals surface area contributed by atoms with E-state index in [0.29, 0.717) is 26.3 Å². The Hall–Kier alpha value is -1.59. The van der Waals surface area contributed by atoms with Crippen molar-refractivity contribution in [1.29, 1.82) is 0 Å². The fourth-order valence-corrected chi connectivity index (χ4v) is 3.15. The van der Waals surface area contributed by atoms with Gasteiger partial charge in [-0.15, -0.1) is 0 Å². The summed E-state index contributed by atoms with van der Waals surface area (Å²) in [5, 5.41) is 16.3. The standard InChI is InChI=1S/C13H20N4O5S/c1-9(16-4-6-22-7-5-16)13(14)11-3-2-10(23(15,20)21)8-12(11)17(18)19/h2-3,8-9,13H,4-7,14H2,1H3,(H2,15,20,21). The maximum Gasteiger partial charge on any atom is 0.275 e. The molecule has 1 aromatic carbocycles. The number of hydrogen-bond acceptors (Lipinski definition) is 7. The van der Waals surface area contributed by atoms with Crippen LogP contribution in [0.3, 0.4) is 0 Å². The molecule has 0 bridgehead atoms. The van der Waals surface area contributed by atoms with Crippen LogP contribution in [-0.4, -0.2) is 50.6 Å². The summed E-state index contributed by atoms with van der Waals surface area (Å²) in [5.41, 5.74) is 6.14. The number of ether oxygens (including phenoxy) is 1. The molecule has 23 heavy (non-hydrogen) atoms. The van der Waals surface area contributed by atoms with Crippen LogP contribution < -0.4 is 10.9 Å². The average Bonchev–Trinajstić information content (AvgIpc) is 2.52. The zero-order valence-corrected chi connectivity index (χ0v) is 13.5. The molecule has 1 aromatic rings. The number of rotatable bonds is 5. The van der Waals surface area contributed by atoms with Crippen molar-refractivity contribution in [3.8, 4) is 0 Å². The number of nitro benzene ring substituents is 1. The first-order valence-electron chi connectivity index (χ1n) is 7.10. The van der Waals surface area contributed by atoms with Crippen LogP contribution in [0, 0.1) is 10.1 Å². The molecule has 0 aromatic heterocycles. The maximum absolute atomic E-state index is 11.4. The van der Waals surface area contributed by atoms with Crippen molar-refractivity contribution < 1.29 is 18.1 Å². The second-order valence-electron chi connectivity index (χ2n) is 5.44. The highest BCUT2D eigenvalue weighted by atomic mass is 32.2. The molecule has 4 N–H and O–H groups in total. The van der Waals surface area contributed by atoms with Crippen LogP contribution in [0.4, 0.5) is 5.69 Å². The third-order valence-corrected chi connectivity index (χ3v) is 4.94. The molecule has 0 aliphatic carbocycles. The van der Waals surface area contributed by atoms with Crippen LogP contribution in [-0.2, 0) is 14.8 Å². The molecule has 9 nitrogen and oxygen atoms in total. The van der Waals surface area contributed by atoms with Crippen molar-refractivity contribution in [2.45, 2.75) is 23.9 Å². The molecule has 0 spiro atoms. The Bertz CT molecular complexity index is 688. The number of nitrogens with zero attached hydrogens (tertiary/aromatic N) is 2. The van der Waals surface area contributed by atoms with Gasteiger partial charge in [-0.2, -0.15) is 0 Å². The van der Waals surface area contributed by atoms with E-state index in [-0.39, 0.29) is 22.2 Å². The van der Waals surface area contributed by atoms with Gasteiger partial charge in [-0.3, -0.25) is 15.0 Å². The summed E-state index contributed by atoms with van der Waals surface area (Å²) in [7, 11) is -4.01. The van der Waals surface area contributed by atoms with Gasteiger partial charge in [-0.25, -0.2) is 13.6 Å². The van der Waals surface area contributed by atoms with E-state index >= 15 is 0 Å². The molecular formula is C13H20N4O5S. The van der Waals surface area contributed by atoms with Crippen molar-refractivity contribution in [2.75, 3.05) is 26.3 Å². The first-order chi connectivity index (χ1) is 10.7. The summed E-state index contributed by atoms with van der Waals surface area (Å²) in [4.78, 5) is 12.4. The van der Waals surface area contributed by atoms with Gasteiger partial charge in [-0.1, -0.05) is 0 Å². The topological polar surface area (TPSA) is 142 Å². The minimum atomic E-state index is -4.01. The number of primary sulfonamides is 1. The maximum atomic E-state index is 11.4. The summed E-state index contributed by atoms with van der Waals surface area (Å²) in [6.07, 6.45) is 0. The molecule has 1 saturated heterocycles. The first-order valence-corrected chi connectivity index (χ1v) is 8.65. The number of hydrogen-bond donors (Lipinski definition) is 2.